The lowest BCUT2D eigenvalue weighted by Crippen LogP contribution is -2.10. The van der Waals surface area contributed by atoms with Gasteiger partial charge >= 0.3 is 10.1 Å². The zero-order chi connectivity index (χ0) is 19.4. The molecule has 0 amide bonds. The van der Waals surface area contributed by atoms with Crippen molar-refractivity contribution in [3.8, 4) is 16.9 Å². The fraction of sp³-hybridized carbons (Fsp3) is 0.217. The van der Waals surface area contributed by atoms with Gasteiger partial charge in [-0.1, -0.05) is 74.0 Å². The van der Waals surface area contributed by atoms with E-state index in [4.69, 9.17) is 4.18 Å². The Balaban J connectivity index is 0.00000280. The van der Waals surface area contributed by atoms with E-state index in [1.165, 1.54) is 5.56 Å². The molecule has 3 nitrogen and oxygen atoms in total. The van der Waals surface area contributed by atoms with Crippen LogP contribution in [0.2, 0.25) is 0 Å². The second-order valence-electron chi connectivity index (χ2n) is 7.14. The van der Waals surface area contributed by atoms with Gasteiger partial charge in [0, 0.05) is 5.56 Å². The molecule has 0 fully saturated rings. The van der Waals surface area contributed by atoms with Gasteiger partial charge in [0.15, 0.2) is 5.75 Å². The van der Waals surface area contributed by atoms with Crippen molar-refractivity contribution in [1.82, 2.24) is 0 Å². The fourth-order valence-electron chi connectivity index (χ4n) is 2.94. The van der Waals surface area contributed by atoms with E-state index in [0.29, 0.717) is 11.7 Å². The Hall–Kier alpha value is -1.86. The maximum atomic E-state index is 12.6. The molecule has 0 aromatic heterocycles. The lowest BCUT2D eigenvalue weighted by Gasteiger charge is -2.12. The van der Waals surface area contributed by atoms with E-state index in [0.717, 1.165) is 23.1 Å². The predicted octanol–water partition coefficient (Wildman–Crippen LogP) is 6.25. The SMILES string of the molecule is Cc1ccc(S(=O)(=O)Oc2ccccc2-c2ccc(CC(C)C)cc2)cc1.I. The molecule has 0 spiro atoms. The van der Waals surface area contributed by atoms with Crippen molar-refractivity contribution < 1.29 is 12.6 Å². The first-order valence-electron chi connectivity index (χ1n) is 9.04. The predicted molar refractivity (Wildman–Crippen MR) is 125 cm³/mol. The van der Waals surface area contributed by atoms with Crippen LogP contribution in [0.15, 0.2) is 77.7 Å². The van der Waals surface area contributed by atoms with Crippen LogP contribution in [-0.4, -0.2) is 8.42 Å². The van der Waals surface area contributed by atoms with Gasteiger partial charge in [0.25, 0.3) is 0 Å². The van der Waals surface area contributed by atoms with Gasteiger partial charge in [0.05, 0.1) is 0 Å². The molecule has 0 radical (unpaired) electrons. The molecule has 3 rings (SSSR count). The highest BCUT2D eigenvalue weighted by atomic mass is 127. The van der Waals surface area contributed by atoms with Gasteiger partial charge in [-0.3, -0.25) is 0 Å². The highest BCUT2D eigenvalue weighted by molar-refractivity contribution is 14.0. The molecule has 0 aliphatic rings. The first-order valence-corrected chi connectivity index (χ1v) is 10.5. The third-order valence-corrected chi connectivity index (χ3v) is 5.55. The van der Waals surface area contributed by atoms with Crippen molar-refractivity contribution in [2.24, 2.45) is 5.92 Å². The fourth-order valence-corrected chi connectivity index (χ4v) is 3.89. The van der Waals surface area contributed by atoms with Gasteiger partial charge < -0.3 is 4.18 Å². The van der Waals surface area contributed by atoms with Crippen molar-refractivity contribution in [3.05, 3.63) is 83.9 Å². The van der Waals surface area contributed by atoms with Crippen molar-refractivity contribution in [3.63, 3.8) is 0 Å². The molecule has 0 saturated carbocycles. The number of hydrogen-bond donors (Lipinski definition) is 0. The van der Waals surface area contributed by atoms with E-state index in [9.17, 15) is 8.42 Å². The minimum absolute atomic E-state index is 0. The number of aryl methyl sites for hydroxylation is 1. The molecular formula is C23H25IO3S. The van der Waals surface area contributed by atoms with Crippen molar-refractivity contribution in [2.75, 3.05) is 0 Å². The minimum atomic E-state index is -3.88. The number of halogens is 1. The second kappa shape index (κ2) is 9.56. The summed E-state index contributed by atoms with van der Waals surface area (Å²) in [5, 5.41) is 0. The maximum absolute atomic E-state index is 12.6. The van der Waals surface area contributed by atoms with Crippen LogP contribution in [0.3, 0.4) is 0 Å². The molecule has 3 aromatic carbocycles. The van der Waals surface area contributed by atoms with Crippen LogP contribution >= 0.6 is 24.0 Å². The molecule has 0 bridgehead atoms. The molecular weight excluding hydrogens is 483 g/mol. The summed E-state index contributed by atoms with van der Waals surface area (Å²) in [4.78, 5) is 0.148. The summed E-state index contributed by atoms with van der Waals surface area (Å²) in [6.07, 6.45) is 1.01. The average molecular weight is 508 g/mol. The summed E-state index contributed by atoms with van der Waals surface area (Å²) >= 11 is 0. The van der Waals surface area contributed by atoms with Crippen LogP contribution < -0.4 is 4.18 Å². The summed E-state index contributed by atoms with van der Waals surface area (Å²) in [6.45, 7) is 6.29. The molecule has 0 aliphatic heterocycles. The van der Waals surface area contributed by atoms with Crippen LogP contribution in [0.25, 0.3) is 11.1 Å². The molecule has 0 atom stereocenters. The zero-order valence-electron chi connectivity index (χ0n) is 16.3. The highest BCUT2D eigenvalue weighted by Crippen LogP contribution is 2.32. The number of hydrogen-bond acceptors (Lipinski definition) is 3. The standard InChI is InChI=1S/C23H24O3S.HI/c1-17(2)16-19-10-12-20(13-11-19)22-6-4-5-7-23(22)26-27(24,25)21-14-8-18(3)9-15-21;/h4-15,17H,16H2,1-3H3;1H. The molecule has 0 N–H and O–H groups in total. The molecule has 0 aliphatic carbocycles. The Morgan fingerprint density at radius 1 is 0.857 bits per heavy atom. The largest absolute Gasteiger partial charge is 0.378 e. The Kier molecular flexibility index (Phi) is 7.66. The first kappa shape index (κ1) is 22.4. The molecule has 28 heavy (non-hydrogen) atoms. The third-order valence-electron chi connectivity index (χ3n) is 4.31. The quantitative estimate of drug-likeness (QED) is 0.292. The lowest BCUT2D eigenvalue weighted by atomic mass is 9.99. The van der Waals surface area contributed by atoms with Gasteiger partial charge in [0.1, 0.15) is 4.90 Å². The molecule has 0 saturated heterocycles. The number of rotatable bonds is 6. The van der Waals surface area contributed by atoms with E-state index in [-0.39, 0.29) is 28.9 Å². The Morgan fingerprint density at radius 2 is 1.46 bits per heavy atom. The summed E-state index contributed by atoms with van der Waals surface area (Å²) in [7, 11) is -3.88. The summed E-state index contributed by atoms with van der Waals surface area (Å²) < 4.78 is 30.8. The van der Waals surface area contributed by atoms with Crippen LogP contribution in [0.1, 0.15) is 25.0 Å². The van der Waals surface area contributed by atoms with E-state index in [1.54, 1.807) is 36.4 Å². The van der Waals surface area contributed by atoms with E-state index >= 15 is 0 Å². The van der Waals surface area contributed by atoms with Crippen LogP contribution in [0, 0.1) is 12.8 Å². The van der Waals surface area contributed by atoms with Gasteiger partial charge in [-0.15, -0.1) is 24.0 Å². The zero-order valence-corrected chi connectivity index (χ0v) is 19.4. The van der Waals surface area contributed by atoms with Crippen LogP contribution in [0.5, 0.6) is 5.75 Å². The molecule has 0 unspecified atom stereocenters. The molecule has 5 heteroatoms. The molecule has 0 heterocycles. The summed E-state index contributed by atoms with van der Waals surface area (Å²) in [6, 6.07) is 22.0. The summed E-state index contributed by atoms with van der Waals surface area (Å²) in [5.41, 5.74) is 3.94. The Morgan fingerprint density at radius 3 is 2.07 bits per heavy atom. The minimum Gasteiger partial charge on any atom is -0.378 e. The molecule has 3 aromatic rings. The second-order valence-corrected chi connectivity index (χ2v) is 8.69. The van der Waals surface area contributed by atoms with Gasteiger partial charge in [0.2, 0.25) is 0 Å². The van der Waals surface area contributed by atoms with Crippen molar-refractivity contribution in [1.29, 1.82) is 0 Å². The van der Waals surface area contributed by atoms with Gasteiger partial charge in [-0.2, -0.15) is 8.42 Å². The van der Waals surface area contributed by atoms with Gasteiger partial charge in [-0.05, 0) is 48.6 Å². The van der Waals surface area contributed by atoms with E-state index < -0.39 is 10.1 Å². The molecule has 148 valence electrons. The topological polar surface area (TPSA) is 43.4 Å². The lowest BCUT2D eigenvalue weighted by molar-refractivity contribution is 0.487. The normalized spacial score (nSPS) is 11.1. The van der Waals surface area contributed by atoms with Crippen molar-refractivity contribution in [2.45, 2.75) is 32.1 Å². The third kappa shape index (κ3) is 5.58. The van der Waals surface area contributed by atoms with E-state index in [1.807, 2.05) is 31.2 Å². The average Bonchev–Trinajstić information content (AvgIpc) is 2.62. The summed E-state index contributed by atoms with van der Waals surface area (Å²) in [5.74, 6) is 0.917. The monoisotopic (exact) mass is 508 g/mol. The number of para-hydroxylation sites is 1. The highest BCUT2D eigenvalue weighted by Gasteiger charge is 2.18. The Bertz CT molecular complexity index is 1010. The van der Waals surface area contributed by atoms with Gasteiger partial charge in [-0.25, -0.2) is 0 Å². The number of benzene rings is 3. The Labute approximate surface area is 184 Å². The smallest absolute Gasteiger partial charge is 0.339 e. The van der Waals surface area contributed by atoms with Crippen molar-refractivity contribution >= 4 is 34.1 Å². The first-order chi connectivity index (χ1) is 12.8. The maximum Gasteiger partial charge on any atom is 0.339 e. The van der Waals surface area contributed by atoms with Crippen LogP contribution in [0.4, 0.5) is 0 Å². The van der Waals surface area contributed by atoms with E-state index in [2.05, 4.69) is 26.0 Å². The van der Waals surface area contributed by atoms with Crippen LogP contribution in [-0.2, 0) is 16.5 Å².